The monoisotopic (exact) mass is 329 g/mol. The van der Waals surface area contributed by atoms with Crippen molar-refractivity contribution >= 4 is 5.97 Å². The first kappa shape index (κ1) is 17.7. The van der Waals surface area contributed by atoms with Crippen molar-refractivity contribution < 1.29 is 40.3 Å². The lowest BCUT2D eigenvalue weighted by molar-refractivity contribution is -0.348. The molecule has 3 nitrogen and oxygen atoms in total. The van der Waals surface area contributed by atoms with Crippen molar-refractivity contribution in [3.63, 3.8) is 0 Å². The van der Waals surface area contributed by atoms with Crippen LogP contribution in [0.2, 0.25) is 0 Å². The van der Waals surface area contributed by atoms with Gasteiger partial charge in [0, 0.05) is 5.56 Å². The van der Waals surface area contributed by atoms with E-state index in [4.69, 9.17) is 5.26 Å². The van der Waals surface area contributed by atoms with Crippen molar-refractivity contribution in [2.24, 2.45) is 0 Å². The summed E-state index contributed by atoms with van der Waals surface area (Å²) in [6, 6.07) is 7.57. The Bertz CT molecular complexity index is 577. The zero-order valence-electron chi connectivity index (χ0n) is 10.4. The highest BCUT2D eigenvalue weighted by Gasteiger charge is 2.77. The molecular weight excluding hydrogens is 323 g/mol. The highest BCUT2D eigenvalue weighted by atomic mass is 19.4. The second kappa shape index (κ2) is 5.82. The maximum atomic E-state index is 13.0. The van der Waals surface area contributed by atoms with Gasteiger partial charge >= 0.3 is 24.0 Å². The topological polar surface area (TPSA) is 50.1 Å². The minimum absolute atomic E-state index is 0.163. The third-order valence-corrected chi connectivity index (χ3v) is 2.45. The van der Waals surface area contributed by atoms with E-state index in [1.807, 2.05) is 0 Å². The van der Waals surface area contributed by atoms with Crippen LogP contribution in [0.5, 0.6) is 0 Å². The largest absolute Gasteiger partial charge is 0.460 e. The van der Waals surface area contributed by atoms with Crippen molar-refractivity contribution in [2.45, 2.75) is 24.1 Å². The smallest absolute Gasteiger partial charge is 0.437 e. The van der Waals surface area contributed by atoms with Crippen LogP contribution in [0.3, 0.4) is 0 Å². The number of halogens is 7. The molecule has 22 heavy (non-hydrogen) atoms. The Morgan fingerprint density at radius 1 is 1.05 bits per heavy atom. The molecule has 0 aliphatic carbocycles. The van der Waals surface area contributed by atoms with Crippen LogP contribution in [0.15, 0.2) is 30.3 Å². The molecule has 120 valence electrons. The Morgan fingerprint density at radius 3 is 1.95 bits per heavy atom. The van der Waals surface area contributed by atoms with Gasteiger partial charge in [0.2, 0.25) is 6.10 Å². The van der Waals surface area contributed by atoms with E-state index in [2.05, 4.69) is 4.74 Å². The van der Waals surface area contributed by atoms with E-state index in [9.17, 15) is 35.5 Å². The van der Waals surface area contributed by atoms with Gasteiger partial charge in [-0.05, 0) is 0 Å². The molecular formula is C12H6F7NO2. The molecule has 1 unspecified atom stereocenters. The van der Waals surface area contributed by atoms with E-state index >= 15 is 0 Å². The SMILES string of the molecule is N#CC(OC(=O)C(F)(F)C(F)(F)C(F)(F)F)c1ccccc1. The molecule has 1 aromatic rings. The standard InChI is InChI=1S/C12H6F7NO2/c13-10(14,11(15,16)12(17,18)19)9(21)22-8(6-20)7-4-2-1-3-5-7/h1-5,8H. The number of ether oxygens (including phenoxy) is 1. The van der Waals surface area contributed by atoms with Crippen LogP contribution in [-0.4, -0.2) is 24.0 Å². The molecule has 0 saturated carbocycles. The molecule has 0 bridgehead atoms. The van der Waals surface area contributed by atoms with Crippen LogP contribution < -0.4 is 0 Å². The number of carbonyl (C=O) groups excluding carboxylic acids is 1. The van der Waals surface area contributed by atoms with E-state index in [1.165, 1.54) is 24.3 Å². The number of rotatable bonds is 4. The summed E-state index contributed by atoms with van der Waals surface area (Å²) >= 11 is 0. The summed E-state index contributed by atoms with van der Waals surface area (Å²) in [6.45, 7) is 0. The van der Waals surface area contributed by atoms with E-state index < -0.39 is 30.1 Å². The zero-order chi connectivity index (χ0) is 17.2. The van der Waals surface area contributed by atoms with Crippen LogP contribution in [0.25, 0.3) is 0 Å². The number of hydrogen-bond acceptors (Lipinski definition) is 3. The molecule has 0 N–H and O–H groups in total. The van der Waals surface area contributed by atoms with Gasteiger partial charge in [-0.25, -0.2) is 4.79 Å². The first-order chi connectivity index (χ1) is 9.95. The van der Waals surface area contributed by atoms with E-state index in [0.29, 0.717) is 0 Å². The molecule has 0 spiro atoms. The lowest BCUT2D eigenvalue weighted by atomic mass is 10.1. The molecule has 0 heterocycles. The lowest BCUT2D eigenvalue weighted by Crippen LogP contribution is -2.56. The molecule has 0 aliphatic heterocycles. The minimum Gasteiger partial charge on any atom is -0.437 e. The van der Waals surface area contributed by atoms with Gasteiger partial charge in [-0.15, -0.1) is 0 Å². The van der Waals surface area contributed by atoms with E-state index in [1.54, 1.807) is 0 Å². The molecule has 0 aromatic heterocycles. The Labute approximate surface area is 118 Å². The highest BCUT2D eigenvalue weighted by molar-refractivity contribution is 5.79. The summed E-state index contributed by atoms with van der Waals surface area (Å²) in [6.07, 6.45) is -8.71. The fraction of sp³-hybridized carbons (Fsp3) is 0.333. The van der Waals surface area contributed by atoms with Crippen LogP contribution in [0.4, 0.5) is 30.7 Å². The van der Waals surface area contributed by atoms with Crippen molar-refractivity contribution in [3.8, 4) is 6.07 Å². The van der Waals surface area contributed by atoms with Gasteiger partial charge in [0.1, 0.15) is 6.07 Å². The molecule has 0 fully saturated rings. The van der Waals surface area contributed by atoms with Crippen LogP contribution >= 0.6 is 0 Å². The molecule has 0 aliphatic rings. The summed E-state index contributed by atoms with van der Waals surface area (Å²) in [5.41, 5.74) is -0.163. The van der Waals surface area contributed by atoms with E-state index in [-0.39, 0.29) is 5.56 Å². The fourth-order valence-corrected chi connectivity index (χ4v) is 1.28. The molecule has 1 atom stereocenters. The van der Waals surface area contributed by atoms with Crippen LogP contribution in [0.1, 0.15) is 11.7 Å². The maximum absolute atomic E-state index is 13.0. The second-order valence-corrected chi connectivity index (χ2v) is 3.97. The van der Waals surface area contributed by atoms with Crippen molar-refractivity contribution in [1.82, 2.24) is 0 Å². The van der Waals surface area contributed by atoms with Gasteiger partial charge in [-0.1, -0.05) is 30.3 Å². The Hall–Kier alpha value is -2.31. The Balaban J connectivity index is 3.03. The molecule has 10 heteroatoms. The van der Waals surface area contributed by atoms with Gasteiger partial charge in [-0.2, -0.15) is 36.0 Å². The highest BCUT2D eigenvalue weighted by Crippen LogP contribution is 2.47. The van der Waals surface area contributed by atoms with Gasteiger partial charge in [0.05, 0.1) is 0 Å². The van der Waals surface area contributed by atoms with E-state index in [0.717, 1.165) is 12.1 Å². The number of nitriles is 1. The van der Waals surface area contributed by atoms with Crippen molar-refractivity contribution in [1.29, 1.82) is 5.26 Å². The molecule has 0 radical (unpaired) electrons. The number of esters is 1. The number of alkyl halides is 7. The minimum atomic E-state index is -6.66. The lowest BCUT2D eigenvalue weighted by Gasteiger charge is -2.27. The third kappa shape index (κ3) is 3.13. The second-order valence-electron chi connectivity index (χ2n) is 3.97. The quantitative estimate of drug-likeness (QED) is 0.626. The summed E-state index contributed by atoms with van der Waals surface area (Å²) in [5, 5.41) is 8.67. The van der Waals surface area contributed by atoms with Gasteiger partial charge in [0.25, 0.3) is 0 Å². The number of benzene rings is 1. The predicted octanol–water partition coefficient (Wildman–Crippen LogP) is 3.63. The Morgan fingerprint density at radius 2 is 1.55 bits per heavy atom. The average molecular weight is 329 g/mol. The van der Waals surface area contributed by atoms with Crippen LogP contribution in [-0.2, 0) is 9.53 Å². The van der Waals surface area contributed by atoms with Gasteiger partial charge < -0.3 is 4.74 Å². The summed E-state index contributed by atoms with van der Waals surface area (Å²) < 4.78 is 91.0. The molecule has 0 amide bonds. The molecule has 1 aromatic carbocycles. The first-order valence-electron chi connectivity index (χ1n) is 5.43. The normalized spacial score (nSPS) is 14.1. The van der Waals surface area contributed by atoms with Gasteiger partial charge in [0.15, 0.2) is 0 Å². The number of hydrogen-bond donors (Lipinski definition) is 0. The predicted molar refractivity (Wildman–Crippen MR) is 56.8 cm³/mol. The Kier molecular flexibility index (Phi) is 4.70. The van der Waals surface area contributed by atoms with Gasteiger partial charge in [-0.3, -0.25) is 0 Å². The third-order valence-electron chi connectivity index (χ3n) is 2.45. The first-order valence-corrected chi connectivity index (χ1v) is 5.43. The van der Waals surface area contributed by atoms with Crippen molar-refractivity contribution in [2.75, 3.05) is 0 Å². The number of carbonyl (C=O) groups is 1. The van der Waals surface area contributed by atoms with Crippen LogP contribution in [0, 0.1) is 11.3 Å². The zero-order valence-corrected chi connectivity index (χ0v) is 10.4. The average Bonchev–Trinajstić information content (AvgIpc) is 2.43. The summed E-state index contributed by atoms with van der Waals surface area (Å²) in [5.74, 6) is -16.0. The van der Waals surface area contributed by atoms with Crippen molar-refractivity contribution in [3.05, 3.63) is 35.9 Å². The molecule has 0 saturated heterocycles. The maximum Gasteiger partial charge on any atom is 0.460 e. The number of nitrogens with zero attached hydrogens (tertiary/aromatic N) is 1. The molecule has 1 rings (SSSR count). The summed E-state index contributed by atoms with van der Waals surface area (Å²) in [7, 11) is 0. The summed E-state index contributed by atoms with van der Waals surface area (Å²) in [4.78, 5) is 11.0. The fourth-order valence-electron chi connectivity index (χ4n) is 1.28.